The maximum atomic E-state index is 14.7. The molecule has 0 aliphatic carbocycles. The van der Waals surface area contributed by atoms with E-state index in [0.717, 1.165) is 59.2 Å². The van der Waals surface area contributed by atoms with Crippen LogP contribution in [0.2, 0.25) is 5.02 Å². The Labute approximate surface area is 225 Å². The fourth-order valence-corrected chi connectivity index (χ4v) is 6.84. The van der Waals surface area contributed by atoms with Crippen LogP contribution in [0.25, 0.3) is 0 Å². The molecule has 4 nitrogen and oxygen atoms in total. The topological polar surface area (TPSA) is 29.5 Å². The SMILES string of the molecule is O=C(OC1C[N+]2(CCSc3ccccc3Cl)CCC1CC2)N(Cc1ccc(F)cc1)c1ccccc1F. The molecule has 3 aromatic carbocycles. The first kappa shape index (κ1) is 26.0. The monoisotopic (exact) mass is 543 g/mol. The van der Waals surface area contributed by atoms with Crippen molar-refractivity contribution in [3.63, 3.8) is 0 Å². The highest BCUT2D eigenvalue weighted by Crippen LogP contribution is 2.37. The predicted octanol–water partition coefficient (Wildman–Crippen LogP) is 7.16. The molecule has 2 bridgehead atoms. The van der Waals surface area contributed by atoms with E-state index in [2.05, 4.69) is 0 Å². The third kappa shape index (κ3) is 6.11. The van der Waals surface area contributed by atoms with Crippen LogP contribution in [0, 0.1) is 17.6 Å². The molecule has 8 heteroatoms. The first-order valence-corrected chi connectivity index (χ1v) is 14.0. The summed E-state index contributed by atoms with van der Waals surface area (Å²) in [5.74, 6) is 0.378. The van der Waals surface area contributed by atoms with Crippen LogP contribution in [-0.2, 0) is 11.3 Å². The number of amides is 1. The van der Waals surface area contributed by atoms with E-state index in [1.54, 1.807) is 42.1 Å². The van der Waals surface area contributed by atoms with Gasteiger partial charge in [-0.25, -0.2) is 13.6 Å². The van der Waals surface area contributed by atoms with Gasteiger partial charge < -0.3 is 9.22 Å². The van der Waals surface area contributed by atoms with E-state index in [0.29, 0.717) is 11.5 Å². The molecular weight excluding hydrogens is 514 g/mol. The fraction of sp³-hybridized carbons (Fsp3) is 0.345. The van der Waals surface area contributed by atoms with Crippen LogP contribution in [0.4, 0.5) is 19.3 Å². The average molecular weight is 544 g/mol. The summed E-state index contributed by atoms with van der Waals surface area (Å²) in [5, 5.41) is 0.769. The van der Waals surface area contributed by atoms with Crippen molar-refractivity contribution in [1.82, 2.24) is 0 Å². The van der Waals surface area contributed by atoms with E-state index >= 15 is 0 Å². The molecule has 6 rings (SSSR count). The summed E-state index contributed by atoms with van der Waals surface area (Å²) in [6.45, 7) is 3.99. The second kappa shape index (κ2) is 11.4. The van der Waals surface area contributed by atoms with Crippen LogP contribution in [0.3, 0.4) is 0 Å². The number of hydrogen-bond donors (Lipinski definition) is 0. The summed E-state index contributed by atoms with van der Waals surface area (Å²) in [7, 11) is 0. The van der Waals surface area contributed by atoms with Crippen molar-refractivity contribution in [1.29, 1.82) is 0 Å². The number of hydrogen-bond acceptors (Lipinski definition) is 3. The number of quaternary nitrogens is 1. The summed E-state index contributed by atoms with van der Waals surface area (Å²) in [5.41, 5.74) is 0.841. The van der Waals surface area contributed by atoms with Crippen molar-refractivity contribution in [2.24, 2.45) is 5.92 Å². The molecule has 3 saturated heterocycles. The van der Waals surface area contributed by atoms with E-state index in [1.165, 1.54) is 23.1 Å². The van der Waals surface area contributed by atoms with Crippen molar-refractivity contribution in [2.45, 2.75) is 30.4 Å². The number of piperidine rings is 3. The van der Waals surface area contributed by atoms with Gasteiger partial charge in [-0.05, 0) is 42.0 Å². The lowest BCUT2D eigenvalue weighted by Gasteiger charge is -2.52. The molecule has 1 atom stereocenters. The number of benzene rings is 3. The molecule has 0 aromatic heterocycles. The lowest BCUT2D eigenvalue weighted by molar-refractivity contribution is -0.943. The van der Waals surface area contributed by atoms with Crippen molar-refractivity contribution < 1.29 is 22.8 Å². The molecule has 1 amide bonds. The quantitative estimate of drug-likeness (QED) is 0.223. The Morgan fingerprint density at radius 3 is 2.43 bits per heavy atom. The van der Waals surface area contributed by atoms with E-state index in [1.807, 2.05) is 24.3 Å². The van der Waals surface area contributed by atoms with E-state index in [-0.39, 0.29) is 24.2 Å². The van der Waals surface area contributed by atoms with Crippen molar-refractivity contribution in [2.75, 3.05) is 36.8 Å². The number of fused-ring (bicyclic) bond motifs is 3. The van der Waals surface area contributed by atoms with Gasteiger partial charge in [0.05, 0.1) is 36.9 Å². The van der Waals surface area contributed by atoms with E-state index in [9.17, 15) is 13.6 Å². The van der Waals surface area contributed by atoms with Crippen LogP contribution in [0.15, 0.2) is 77.7 Å². The maximum Gasteiger partial charge on any atom is 0.415 e. The number of halogens is 3. The van der Waals surface area contributed by atoms with Crippen molar-refractivity contribution in [3.8, 4) is 0 Å². The zero-order chi connectivity index (χ0) is 25.8. The lowest BCUT2D eigenvalue weighted by Crippen LogP contribution is -2.65. The number of thioether (sulfide) groups is 1. The van der Waals surface area contributed by atoms with Gasteiger partial charge in [0.25, 0.3) is 0 Å². The molecular formula is C29H30ClF2N2O2S+. The van der Waals surface area contributed by atoms with Crippen LogP contribution >= 0.6 is 23.4 Å². The number of anilines is 1. The van der Waals surface area contributed by atoms with E-state index in [4.69, 9.17) is 16.3 Å². The van der Waals surface area contributed by atoms with Gasteiger partial charge in [-0.1, -0.05) is 48.0 Å². The van der Waals surface area contributed by atoms with Gasteiger partial charge in [0.15, 0.2) is 6.10 Å². The minimum Gasteiger partial charge on any atom is -0.440 e. The summed E-state index contributed by atoms with van der Waals surface area (Å²) < 4.78 is 35.2. The van der Waals surface area contributed by atoms with Gasteiger partial charge in [-0.2, -0.15) is 0 Å². The van der Waals surface area contributed by atoms with Crippen LogP contribution in [0.1, 0.15) is 18.4 Å². The molecule has 3 aliphatic rings. The molecule has 1 unspecified atom stereocenters. The Balaban J connectivity index is 1.28. The molecule has 194 valence electrons. The van der Waals surface area contributed by atoms with Crippen molar-refractivity contribution >= 4 is 35.1 Å². The first-order chi connectivity index (χ1) is 17.9. The number of nitrogens with zero attached hydrogens (tertiary/aromatic N) is 2. The third-order valence-corrected chi connectivity index (χ3v) is 9.07. The van der Waals surface area contributed by atoms with Gasteiger partial charge in [-0.15, -0.1) is 11.8 Å². The summed E-state index contributed by atoms with van der Waals surface area (Å²) in [6.07, 6.45) is 1.22. The Kier molecular flexibility index (Phi) is 8.03. The maximum absolute atomic E-state index is 14.7. The largest absolute Gasteiger partial charge is 0.440 e. The zero-order valence-electron chi connectivity index (χ0n) is 20.5. The molecule has 0 N–H and O–H groups in total. The summed E-state index contributed by atoms with van der Waals surface area (Å²) in [6, 6.07) is 19.9. The minimum atomic E-state index is -0.572. The standard InChI is InChI=1S/C29H30ClF2N2O2S/c30-24-5-1-4-8-28(24)37-18-17-34-15-13-22(14-16-34)27(20-34)36-29(35)33(26-7-3-2-6-25(26)32)19-21-9-11-23(31)12-10-21/h1-12,22,27H,13-20H2/q+1. The van der Waals surface area contributed by atoms with Gasteiger partial charge in [-0.3, -0.25) is 4.90 Å². The minimum absolute atomic E-state index is 0.0892. The van der Waals surface area contributed by atoms with E-state index < -0.39 is 11.9 Å². The summed E-state index contributed by atoms with van der Waals surface area (Å²) >= 11 is 8.09. The normalized spacial score (nSPS) is 22.6. The second-order valence-corrected chi connectivity index (χ2v) is 11.4. The van der Waals surface area contributed by atoms with Crippen molar-refractivity contribution in [3.05, 3.63) is 95.0 Å². The fourth-order valence-electron chi connectivity index (χ4n) is 5.46. The Morgan fingerprint density at radius 1 is 1.00 bits per heavy atom. The Morgan fingerprint density at radius 2 is 1.70 bits per heavy atom. The smallest absolute Gasteiger partial charge is 0.415 e. The number of carbonyl (C=O) groups excluding carboxylic acids is 1. The Hall–Kier alpha value is -2.61. The number of rotatable bonds is 8. The highest BCUT2D eigenvalue weighted by atomic mass is 35.5. The third-order valence-electron chi connectivity index (χ3n) is 7.57. The molecule has 37 heavy (non-hydrogen) atoms. The molecule has 3 aliphatic heterocycles. The summed E-state index contributed by atoms with van der Waals surface area (Å²) in [4.78, 5) is 15.9. The first-order valence-electron chi connectivity index (χ1n) is 12.6. The number of para-hydroxylation sites is 1. The van der Waals surface area contributed by atoms with Crippen LogP contribution < -0.4 is 4.90 Å². The highest BCUT2D eigenvalue weighted by Gasteiger charge is 2.47. The molecule has 3 aromatic rings. The van der Waals surface area contributed by atoms with Crippen LogP contribution in [0.5, 0.6) is 0 Å². The van der Waals surface area contributed by atoms with Crippen LogP contribution in [-0.4, -0.2) is 48.6 Å². The molecule has 3 heterocycles. The Bertz CT molecular complexity index is 1230. The number of carbonyl (C=O) groups is 1. The zero-order valence-corrected chi connectivity index (χ0v) is 22.1. The van der Waals surface area contributed by atoms with Gasteiger partial charge >= 0.3 is 6.09 Å². The second-order valence-electron chi connectivity index (χ2n) is 9.90. The molecule has 0 spiro atoms. The predicted molar refractivity (Wildman–Crippen MR) is 144 cm³/mol. The van der Waals surface area contributed by atoms with Gasteiger partial charge in [0.2, 0.25) is 0 Å². The average Bonchev–Trinajstić information content (AvgIpc) is 2.90. The van der Waals surface area contributed by atoms with Gasteiger partial charge in [0, 0.05) is 29.4 Å². The highest BCUT2D eigenvalue weighted by molar-refractivity contribution is 7.99. The molecule has 0 radical (unpaired) electrons. The molecule has 0 saturated carbocycles. The molecule has 3 fully saturated rings. The van der Waals surface area contributed by atoms with Gasteiger partial charge in [0.1, 0.15) is 18.2 Å². The number of ether oxygens (including phenoxy) is 1. The lowest BCUT2D eigenvalue weighted by atomic mass is 9.83.